The third-order valence-electron chi connectivity index (χ3n) is 6.81. The molecule has 3 rings (SSSR count). The lowest BCUT2D eigenvalue weighted by Gasteiger charge is -2.51. The standard InChI is InChI=1S/C22H38FN3O5Si2/c1-13(2)32(14(3)4)28-12-18-20(30-33(31-32,15(5)6)16(7)8)17(11-23)21(29-18)26-10-9-19(24)25-22(26)27/h9-11,13-16,18,20-21H,12H2,1-8H3,(H2,24,25,27)/b17-11-/t18-,20+,21?/m1/s1. The molecule has 2 aliphatic rings. The van der Waals surface area contributed by atoms with E-state index in [1.165, 1.54) is 16.8 Å². The van der Waals surface area contributed by atoms with Crippen LogP contribution >= 0.6 is 0 Å². The highest BCUT2D eigenvalue weighted by atomic mass is 28.5. The van der Waals surface area contributed by atoms with E-state index in [2.05, 4.69) is 60.4 Å². The van der Waals surface area contributed by atoms with Gasteiger partial charge in [-0.2, -0.15) is 4.98 Å². The van der Waals surface area contributed by atoms with Gasteiger partial charge in [-0.25, -0.2) is 9.18 Å². The highest BCUT2D eigenvalue weighted by Gasteiger charge is 2.61. The Bertz CT molecular complexity index is 921. The maximum Gasteiger partial charge on any atom is 0.351 e. The molecule has 33 heavy (non-hydrogen) atoms. The first-order valence-corrected chi connectivity index (χ1v) is 15.7. The van der Waals surface area contributed by atoms with E-state index < -0.39 is 41.2 Å². The highest BCUT2D eigenvalue weighted by Crippen LogP contribution is 2.49. The largest absolute Gasteiger partial charge is 0.414 e. The van der Waals surface area contributed by atoms with Crippen molar-refractivity contribution in [3.63, 3.8) is 0 Å². The number of rotatable bonds is 5. The first kappa shape index (κ1) is 26.2. The number of aromatic nitrogens is 2. The van der Waals surface area contributed by atoms with E-state index in [0.29, 0.717) is 6.33 Å². The first-order valence-electron chi connectivity index (χ1n) is 11.7. The van der Waals surface area contributed by atoms with E-state index in [4.69, 9.17) is 23.4 Å². The minimum Gasteiger partial charge on any atom is -0.414 e. The molecule has 1 aromatic heterocycles. The minimum atomic E-state index is -2.95. The van der Waals surface area contributed by atoms with Crippen LogP contribution in [0.2, 0.25) is 22.2 Å². The number of nitrogens with zero attached hydrogens (tertiary/aromatic N) is 2. The average Bonchev–Trinajstić information content (AvgIpc) is 3.03. The molecule has 0 amide bonds. The Kier molecular flexibility index (Phi) is 7.71. The zero-order valence-corrected chi connectivity index (χ0v) is 22.9. The molecular weight excluding hydrogens is 461 g/mol. The summed E-state index contributed by atoms with van der Waals surface area (Å²) in [6, 6.07) is 1.48. The van der Waals surface area contributed by atoms with Gasteiger partial charge in [0.2, 0.25) is 0 Å². The Morgan fingerprint density at radius 1 is 1.09 bits per heavy atom. The predicted molar refractivity (Wildman–Crippen MR) is 130 cm³/mol. The fourth-order valence-electron chi connectivity index (χ4n) is 5.01. The van der Waals surface area contributed by atoms with Crippen LogP contribution in [0, 0.1) is 0 Å². The van der Waals surface area contributed by atoms with E-state index in [0.717, 1.165) is 0 Å². The summed E-state index contributed by atoms with van der Waals surface area (Å²) < 4.78 is 42.5. The van der Waals surface area contributed by atoms with Gasteiger partial charge in [0.05, 0.1) is 12.9 Å². The van der Waals surface area contributed by atoms with Crippen LogP contribution in [0.3, 0.4) is 0 Å². The van der Waals surface area contributed by atoms with Crippen molar-refractivity contribution in [2.75, 3.05) is 12.3 Å². The van der Waals surface area contributed by atoms with Crippen molar-refractivity contribution in [3.05, 3.63) is 34.7 Å². The lowest BCUT2D eigenvalue weighted by molar-refractivity contribution is -0.0561. The Labute approximate surface area is 197 Å². The van der Waals surface area contributed by atoms with Gasteiger partial charge >= 0.3 is 22.8 Å². The van der Waals surface area contributed by atoms with Gasteiger partial charge in [0, 0.05) is 11.8 Å². The van der Waals surface area contributed by atoms with Gasteiger partial charge in [-0.3, -0.25) is 4.57 Å². The summed E-state index contributed by atoms with van der Waals surface area (Å²) in [6.45, 7) is 17.1. The molecule has 0 bridgehead atoms. The quantitative estimate of drug-likeness (QED) is 0.594. The minimum absolute atomic E-state index is 0.0880. The SMILES string of the molecule is CC(C)[Si]1(C(C)C)OC[C@H]2OC(n3ccc(N)nc3=O)/C(=C\F)[C@@H]2O[Si](C(C)C)(C(C)C)O1. The molecule has 1 aromatic rings. The van der Waals surface area contributed by atoms with E-state index >= 15 is 0 Å². The molecular formula is C22H38FN3O5Si2. The predicted octanol–water partition coefficient (Wildman–Crippen LogP) is 4.53. The van der Waals surface area contributed by atoms with Crippen molar-refractivity contribution in [1.29, 1.82) is 0 Å². The molecule has 0 aromatic carbocycles. The number of halogens is 1. The van der Waals surface area contributed by atoms with Crippen LogP contribution in [-0.2, 0) is 17.7 Å². The van der Waals surface area contributed by atoms with Gasteiger partial charge < -0.3 is 23.4 Å². The number of ether oxygens (including phenoxy) is 1. The third kappa shape index (κ3) is 4.51. The van der Waals surface area contributed by atoms with Crippen molar-refractivity contribution in [3.8, 4) is 0 Å². The maximum atomic E-state index is 14.4. The molecule has 0 radical (unpaired) electrons. The molecule has 3 heterocycles. The van der Waals surface area contributed by atoms with E-state index in [1.807, 2.05) is 0 Å². The molecule has 186 valence electrons. The maximum absolute atomic E-state index is 14.4. The first-order chi connectivity index (χ1) is 15.4. The third-order valence-corrected chi connectivity index (χ3v) is 17.0. The Morgan fingerprint density at radius 2 is 1.67 bits per heavy atom. The fraction of sp³-hybridized carbons (Fsp3) is 0.727. The molecule has 1 unspecified atom stereocenters. The molecule has 2 fully saturated rings. The second-order valence-corrected chi connectivity index (χ2v) is 19.0. The van der Waals surface area contributed by atoms with Gasteiger partial charge in [0.25, 0.3) is 0 Å². The normalized spacial score (nSPS) is 28.5. The van der Waals surface area contributed by atoms with Crippen LogP contribution in [0.15, 0.2) is 29.0 Å². The second kappa shape index (κ2) is 9.70. The number of nitrogens with two attached hydrogens (primary N) is 1. The number of anilines is 1. The van der Waals surface area contributed by atoms with Crippen molar-refractivity contribution in [1.82, 2.24) is 9.55 Å². The topological polar surface area (TPSA) is 97.8 Å². The van der Waals surface area contributed by atoms with Gasteiger partial charge in [-0.05, 0) is 28.2 Å². The molecule has 0 aliphatic carbocycles. The van der Waals surface area contributed by atoms with Crippen LogP contribution in [0.4, 0.5) is 10.2 Å². The lowest BCUT2D eigenvalue weighted by Crippen LogP contribution is -2.65. The van der Waals surface area contributed by atoms with Gasteiger partial charge in [0.1, 0.15) is 18.0 Å². The van der Waals surface area contributed by atoms with Gasteiger partial charge in [0.15, 0.2) is 6.23 Å². The number of fused-ring (bicyclic) bond motifs is 1. The Morgan fingerprint density at radius 3 is 2.15 bits per heavy atom. The van der Waals surface area contributed by atoms with Gasteiger partial charge in [-0.15, -0.1) is 0 Å². The van der Waals surface area contributed by atoms with Crippen molar-refractivity contribution >= 4 is 22.9 Å². The molecule has 8 nitrogen and oxygen atoms in total. The van der Waals surface area contributed by atoms with Crippen LogP contribution in [0.1, 0.15) is 61.6 Å². The second-order valence-electron chi connectivity index (χ2n) is 10.2. The molecule has 2 N–H and O–H groups in total. The number of hydrogen-bond acceptors (Lipinski definition) is 7. The van der Waals surface area contributed by atoms with E-state index in [-0.39, 0.29) is 40.2 Å². The van der Waals surface area contributed by atoms with E-state index in [9.17, 15) is 9.18 Å². The van der Waals surface area contributed by atoms with E-state index in [1.54, 1.807) is 0 Å². The van der Waals surface area contributed by atoms with Crippen LogP contribution in [0.25, 0.3) is 0 Å². The summed E-state index contributed by atoms with van der Waals surface area (Å²) >= 11 is 0. The van der Waals surface area contributed by atoms with Crippen molar-refractivity contribution in [2.24, 2.45) is 0 Å². The Hall–Kier alpha value is -1.38. The van der Waals surface area contributed by atoms with Crippen LogP contribution < -0.4 is 11.4 Å². The van der Waals surface area contributed by atoms with Crippen LogP contribution in [0.5, 0.6) is 0 Å². The zero-order valence-electron chi connectivity index (χ0n) is 20.9. The fourth-order valence-corrected chi connectivity index (χ4v) is 16.2. The molecule has 3 atom stereocenters. The van der Waals surface area contributed by atoms with Crippen molar-refractivity contribution < 1.29 is 22.1 Å². The summed E-state index contributed by atoms with van der Waals surface area (Å²) in [5, 5.41) is 0. The highest BCUT2D eigenvalue weighted by molar-refractivity contribution is 6.84. The number of nitrogen functional groups attached to an aromatic ring is 1. The molecule has 2 aliphatic heterocycles. The summed E-state index contributed by atoms with van der Waals surface area (Å²) in [5.41, 5.74) is 5.78. The van der Waals surface area contributed by atoms with Gasteiger partial charge in [-0.1, -0.05) is 55.4 Å². The average molecular weight is 500 g/mol. The van der Waals surface area contributed by atoms with Crippen LogP contribution in [-0.4, -0.2) is 45.5 Å². The summed E-state index contributed by atoms with van der Waals surface area (Å²) in [4.78, 5) is 16.3. The smallest absolute Gasteiger partial charge is 0.351 e. The molecule has 0 spiro atoms. The van der Waals surface area contributed by atoms with Crippen molar-refractivity contribution in [2.45, 2.75) is 96.0 Å². The summed E-state index contributed by atoms with van der Waals surface area (Å²) in [5.74, 6) is 0.0923. The monoisotopic (exact) mass is 499 g/mol. The summed E-state index contributed by atoms with van der Waals surface area (Å²) in [6.07, 6.45) is -0.361. The molecule has 0 saturated carbocycles. The zero-order chi connectivity index (χ0) is 24.7. The Balaban J connectivity index is 2.13. The molecule has 11 heteroatoms. The lowest BCUT2D eigenvalue weighted by atomic mass is 10.1. The number of hydrogen-bond donors (Lipinski definition) is 1. The molecule has 2 saturated heterocycles. The summed E-state index contributed by atoms with van der Waals surface area (Å²) in [7, 11) is -5.70.